The molecule has 0 aromatic carbocycles. The fourth-order valence-electron chi connectivity index (χ4n) is 3.95. The van der Waals surface area contributed by atoms with Crippen LogP contribution in [0, 0.1) is 5.92 Å². The molecule has 4 heteroatoms. The summed E-state index contributed by atoms with van der Waals surface area (Å²) in [6.07, 6.45) is 9.60. The monoisotopic (exact) mass is 306 g/mol. The van der Waals surface area contributed by atoms with Gasteiger partial charge in [-0.3, -0.25) is 4.79 Å². The number of aryl methyl sites for hydroxylation is 1. The minimum Gasteiger partial charge on any atom is -0.351 e. The first-order valence-corrected chi connectivity index (χ1v) is 9.24. The van der Waals surface area contributed by atoms with E-state index in [2.05, 4.69) is 16.8 Å². The summed E-state index contributed by atoms with van der Waals surface area (Å²) < 4.78 is 0. The van der Waals surface area contributed by atoms with Crippen molar-refractivity contribution >= 4 is 17.2 Å². The Morgan fingerprint density at radius 1 is 1.29 bits per heavy atom. The molecule has 0 bridgehead atoms. The van der Waals surface area contributed by atoms with Crippen LogP contribution in [0.25, 0.3) is 0 Å². The van der Waals surface area contributed by atoms with Gasteiger partial charge in [0.2, 0.25) is 5.91 Å². The lowest BCUT2D eigenvalue weighted by atomic mass is 9.82. The zero-order valence-corrected chi connectivity index (χ0v) is 13.5. The first-order chi connectivity index (χ1) is 10.3. The average molecular weight is 306 g/mol. The Kier molecular flexibility index (Phi) is 4.96. The minimum absolute atomic E-state index is 0.0534. The number of hydrogen-bond acceptors (Lipinski definition) is 3. The second-order valence-electron chi connectivity index (χ2n) is 6.49. The molecule has 1 fully saturated rings. The Labute approximate surface area is 131 Å². The van der Waals surface area contributed by atoms with Crippen LogP contribution in [-0.4, -0.2) is 18.5 Å². The van der Waals surface area contributed by atoms with Crippen molar-refractivity contribution in [2.45, 2.75) is 63.3 Å². The molecular weight excluding hydrogens is 280 g/mol. The quantitative estimate of drug-likeness (QED) is 0.897. The number of thiophene rings is 1. The lowest BCUT2D eigenvalue weighted by molar-refractivity contribution is -0.124. The number of amides is 1. The highest BCUT2D eigenvalue weighted by Gasteiger charge is 2.30. The number of hydrogen-bond donors (Lipinski definition) is 2. The van der Waals surface area contributed by atoms with Crippen molar-refractivity contribution in [3.8, 4) is 0 Å². The molecule has 0 spiro atoms. The highest BCUT2D eigenvalue weighted by atomic mass is 32.1. The van der Waals surface area contributed by atoms with Crippen LogP contribution in [0.2, 0.25) is 0 Å². The molecule has 1 aromatic rings. The number of fused-ring (bicyclic) bond motifs is 1. The molecule has 0 aliphatic heterocycles. The molecule has 21 heavy (non-hydrogen) atoms. The molecule has 2 aliphatic carbocycles. The highest BCUT2D eigenvalue weighted by Crippen LogP contribution is 2.35. The molecule has 1 amide bonds. The standard InChI is InChI=1S/C17H26N2OS/c18-11-15(12-5-2-1-3-6-12)19-17(20)14-7-4-8-16-13(14)9-10-21-16/h9-10,12,14-15H,1-8,11,18H2,(H,19,20). The predicted octanol–water partition coefficient (Wildman–Crippen LogP) is 3.19. The van der Waals surface area contributed by atoms with Crippen molar-refractivity contribution in [1.82, 2.24) is 5.32 Å². The fourth-order valence-corrected chi connectivity index (χ4v) is 4.94. The predicted molar refractivity (Wildman–Crippen MR) is 87.6 cm³/mol. The van der Waals surface area contributed by atoms with Crippen molar-refractivity contribution in [1.29, 1.82) is 0 Å². The third-order valence-corrected chi connectivity index (χ3v) is 6.17. The topological polar surface area (TPSA) is 55.1 Å². The normalized spacial score (nSPS) is 24.3. The molecule has 3 N–H and O–H groups in total. The van der Waals surface area contributed by atoms with Gasteiger partial charge in [-0.25, -0.2) is 0 Å². The second kappa shape index (κ2) is 6.93. The SMILES string of the molecule is NCC(NC(=O)C1CCCc2sccc21)C1CCCCC1. The van der Waals surface area contributed by atoms with Crippen molar-refractivity contribution < 1.29 is 4.79 Å². The van der Waals surface area contributed by atoms with Gasteiger partial charge in [0.15, 0.2) is 0 Å². The van der Waals surface area contributed by atoms with E-state index in [0.29, 0.717) is 12.5 Å². The van der Waals surface area contributed by atoms with E-state index in [-0.39, 0.29) is 17.9 Å². The van der Waals surface area contributed by atoms with E-state index in [0.717, 1.165) is 19.3 Å². The van der Waals surface area contributed by atoms with E-state index < -0.39 is 0 Å². The van der Waals surface area contributed by atoms with Crippen LogP contribution >= 0.6 is 11.3 Å². The molecule has 1 aromatic heterocycles. The maximum absolute atomic E-state index is 12.7. The molecule has 116 valence electrons. The second-order valence-corrected chi connectivity index (χ2v) is 7.49. The van der Waals surface area contributed by atoms with Gasteiger partial charge in [-0.15, -0.1) is 11.3 Å². The Morgan fingerprint density at radius 3 is 2.86 bits per heavy atom. The molecule has 1 saturated carbocycles. The fraction of sp³-hybridized carbons (Fsp3) is 0.706. The zero-order chi connectivity index (χ0) is 14.7. The van der Waals surface area contributed by atoms with Crippen LogP contribution in [0.5, 0.6) is 0 Å². The number of carbonyl (C=O) groups excluding carboxylic acids is 1. The van der Waals surface area contributed by atoms with Gasteiger partial charge in [-0.1, -0.05) is 19.3 Å². The van der Waals surface area contributed by atoms with Gasteiger partial charge in [0.05, 0.1) is 5.92 Å². The van der Waals surface area contributed by atoms with E-state index in [1.165, 1.54) is 42.5 Å². The summed E-state index contributed by atoms with van der Waals surface area (Å²) in [6, 6.07) is 2.31. The van der Waals surface area contributed by atoms with Crippen LogP contribution in [0.15, 0.2) is 11.4 Å². The smallest absolute Gasteiger partial charge is 0.227 e. The van der Waals surface area contributed by atoms with Crippen molar-refractivity contribution in [2.75, 3.05) is 6.54 Å². The van der Waals surface area contributed by atoms with E-state index >= 15 is 0 Å². The minimum atomic E-state index is 0.0534. The van der Waals surface area contributed by atoms with Gasteiger partial charge in [-0.2, -0.15) is 0 Å². The number of nitrogens with two attached hydrogens (primary N) is 1. The molecule has 1 heterocycles. The Balaban J connectivity index is 1.65. The maximum Gasteiger partial charge on any atom is 0.227 e. The van der Waals surface area contributed by atoms with Gasteiger partial charge in [0.25, 0.3) is 0 Å². The Bertz CT molecular complexity index is 479. The largest absolute Gasteiger partial charge is 0.351 e. The van der Waals surface area contributed by atoms with Crippen molar-refractivity contribution in [3.05, 3.63) is 21.9 Å². The molecule has 0 saturated heterocycles. The Morgan fingerprint density at radius 2 is 2.10 bits per heavy atom. The molecule has 0 radical (unpaired) electrons. The van der Waals surface area contributed by atoms with Crippen LogP contribution < -0.4 is 11.1 Å². The molecule has 3 rings (SSSR count). The van der Waals surface area contributed by atoms with Crippen molar-refractivity contribution in [2.24, 2.45) is 11.7 Å². The van der Waals surface area contributed by atoms with Gasteiger partial charge in [0.1, 0.15) is 0 Å². The highest BCUT2D eigenvalue weighted by molar-refractivity contribution is 7.10. The molecule has 2 atom stereocenters. The van der Waals surface area contributed by atoms with E-state index in [9.17, 15) is 4.79 Å². The van der Waals surface area contributed by atoms with Crippen LogP contribution in [0.1, 0.15) is 61.3 Å². The van der Waals surface area contributed by atoms with E-state index in [1.54, 1.807) is 11.3 Å². The van der Waals surface area contributed by atoms with Gasteiger partial charge < -0.3 is 11.1 Å². The Hall–Kier alpha value is -0.870. The number of nitrogens with one attached hydrogen (secondary N) is 1. The van der Waals surface area contributed by atoms with Crippen LogP contribution in [-0.2, 0) is 11.2 Å². The molecule has 2 aliphatic rings. The molecule has 2 unspecified atom stereocenters. The summed E-state index contributed by atoms with van der Waals surface area (Å²) in [5, 5.41) is 5.40. The summed E-state index contributed by atoms with van der Waals surface area (Å²) in [4.78, 5) is 14.1. The zero-order valence-electron chi connectivity index (χ0n) is 12.6. The average Bonchev–Trinajstić information content (AvgIpc) is 3.01. The van der Waals surface area contributed by atoms with Gasteiger partial charge in [-0.05, 0) is 55.0 Å². The van der Waals surface area contributed by atoms with Crippen LogP contribution in [0.3, 0.4) is 0 Å². The third kappa shape index (κ3) is 3.32. The van der Waals surface area contributed by atoms with Crippen molar-refractivity contribution in [3.63, 3.8) is 0 Å². The summed E-state index contributed by atoms with van der Waals surface area (Å²) in [5.74, 6) is 0.839. The first kappa shape index (κ1) is 15.0. The summed E-state index contributed by atoms with van der Waals surface area (Å²) in [5.41, 5.74) is 7.21. The summed E-state index contributed by atoms with van der Waals surface area (Å²) in [7, 11) is 0. The summed E-state index contributed by atoms with van der Waals surface area (Å²) in [6.45, 7) is 0.569. The van der Waals surface area contributed by atoms with Crippen LogP contribution in [0.4, 0.5) is 0 Å². The number of rotatable bonds is 4. The van der Waals surface area contributed by atoms with Gasteiger partial charge in [0, 0.05) is 17.5 Å². The van der Waals surface area contributed by atoms with E-state index in [1.807, 2.05) is 0 Å². The molecular formula is C17H26N2OS. The molecule has 3 nitrogen and oxygen atoms in total. The lowest BCUT2D eigenvalue weighted by Crippen LogP contribution is -2.47. The summed E-state index contributed by atoms with van der Waals surface area (Å²) >= 11 is 1.79. The number of carbonyl (C=O) groups is 1. The van der Waals surface area contributed by atoms with Gasteiger partial charge >= 0.3 is 0 Å². The third-order valence-electron chi connectivity index (χ3n) is 5.17. The van der Waals surface area contributed by atoms with E-state index in [4.69, 9.17) is 5.73 Å². The first-order valence-electron chi connectivity index (χ1n) is 8.36. The lowest BCUT2D eigenvalue weighted by Gasteiger charge is -2.32. The maximum atomic E-state index is 12.7.